The molecule has 0 spiro atoms. The standard InChI is InChI=1S/C24H31N3O/c1-18(28)26-22-9-7-20(8-10-22)17-27-13-11-19(12-14-27)16-25-24-15-23(24)21-5-3-2-4-6-21/h2-10,19,23-25H,11-17H2,1H3,(H,26,28). The maximum absolute atomic E-state index is 11.1. The Morgan fingerprint density at radius 1 is 1.04 bits per heavy atom. The highest BCUT2D eigenvalue weighted by Gasteiger charge is 2.38. The predicted molar refractivity (Wildman–Crippen MR) is 114 cm³/mol. The lowest BCUT2D eigenvalue weighted by Crippen LogP contribution is -2.37. The molecular weight excluding hydrogens is 346 g/mol. The monoisotopic (exact) mass is 377 g/mol. The number of nitrogens with zero attached hydrogens (tertiary/aromatic N) is 1. The summed E-state index contributed by atoms with van der Waals surface area (Å²) in [6, 6.07) is 19.8. The number of amides is 1. The van der Waals surface area contributed by atoms with Crippen LogP contribution < -0.4 is 10.6 Å². The van der Waals surface area contributed by atoms with Crippen molar-refractivity contribution >= 4 is 11.6 Å². The van der Waals surface area contributed by atoms with Gasteiger partial charge in [-0.1, -0.05) is 42.5 Å². The van der Waals surface area contributed by atoms with E-state index in [9.17, 15) is 4.79 Å². The van der Waals surface area contributed by atoms with Crippen LogP contribution in [0.2, 0.25) is 0 Å². The third kappa shape index (κ3) is 5.21. The molecule has 1 heterocycles. The van der Waals surface area contributed by atoms with Gasteiger partial charge in [-0.05, 0) is 68.1 Å². The molecular formula is C24H31N3O. The Hall–Kier alpha value is -2.17. The highest BCUT2D eigenvalue weighted by Crippen LogP contribution is 2.40. The van der Waals surface area contributed by atoms with Crippen LogP contribution in [0.15, 0.2) is 54.6 Å². The molecule has 28 heavy (non-hydrogen) atoms. The number of hydrogen-bond donors (Lipinski definition) is 2. The average Bonchev–Trinajstić information content (AvgIpc) is 3.49. The molecule has 2 N–H and O–H groups in total. The summed E-state index contributed by atoms with van der Waals surface area (Å²) in [5.41, 5.74) is 3.67. The third-order valence-electron chi connectivity index (χ3n) is 6.07. The molecule has 2 aliphatic rings. The van der Waals surface area contributed by atoms with Crippen LogP contribution in [0.5, 0.6) is 0 Å². The smallest absolute Gasteiger partial charge is 0.221 e. The molecule has 4 rings (SSSR count). The van der Waals surface area contributed by atoms with Crippen molar-refractivity contribution in [3.05, 3.63) is 65.7 Å². The molecule has 1 aliphatic carbocycles. The number of anilines is 1. The molecule has 1 amide bonds. The lowest BCUT2D eigenvalue weighted by molar-refractivity contribution is -0.114. The van der Waals surface area contributed by atoms with E-state index in [1.54, 1.807) is 0 Å². The molecule has 148 valence electrons. The van der Waals surface area contributed by atoms with Gasteiger partial charge in [0.15, 0.2) is 0 Å². The summed E-state index contributed by atoms with van der Waals surface area (Å²) in [4.78, 5) is 13.7. The molecule has 0 radical (unpaired) electrons. The summed E-state index contributed by atoms with van der Waals surface area (Å²) < 4.78 is 0. The van der Waals surface area contributed by atoms with Gasteiger partial charge in [0.05, 0.1) is 0 Å². The van der Waals surface area contributed by atoms with Crippen molar-refractivity contribution in [3.63, 3.8) is 0 Å². The normalized spacial score (nSPS) is 22.8. The second-order valence-electron chi connectivity index (χ2n) is 8.37. The van der Waals surface area contributed by atoms with E-state index in [1.165, 1.54) is 50.4 Å². The molecule has 4 nitrogen and oxygen atoms in total. The fourth-order valence-corrected chi connectivity index (χ4v) is 4.31. The Balaban J connectivity index is 1.16. The zero-order valence-electron chi connectivity index (χ0n) is 16.7. The first-order chi connectivity index (χ1) is 13.7. The highest BCUT2D eigenvalue weighted by atomic mass is 16.1. The van der Waals surface area contributed by atoms with Crippen molar-refractivity contribution in [1.82, 2.24) is 10.2 Å². The number of carbonyl (C=O) groups is 1. The Bertz CT molecular complexity index is 766. The molecule has 2 aromatic carbocycles. The highest BCUT2D eigenvalue weighted by molar-refractivity contribution is 5.88. The molecule has 2 fully saturated rings. The van der Waals surface area contributed by atoms with E-state index in [2.05, 4.69) is 58.0 Å². The van der Waals surface area contributed by atoms with E-state index in [0.29, 0.717) is 6.04 Å². The number of carbonyl (C=O) groups excluding carboxylic acids is 1. The Morgan fingerprint density at radius 3 is 2.43 bits per heavy atom. The number of piperidine rings is 1. The maximum atomic E-state index is 11.1. The molecule has 0 bridgehead atoms. The fraction of sp³-hybridized carbons (Fsp3) is 0.458. The molecule has 2 unspecified atom stereocenters. The van der Waals surface area contributed by atoms with Gasteiger partial charge < -0.3 is 10.6 Å². The van der Waals surface area contributed by atoms with Gasteiger partial charge in [0.1, 0.15) is 0 Å². The molecule has 4 heteroatoms. The van der Waals surface area contributed by atoms with Crippen LogP contribution in [0.25, 0.3) is 0 Å². The zero-order valence-corrected chi connectivity index (χ0v) is 16.7. The van der Waals surface area contributed by atoms with E-state index in [4.69, 9.17) is 0 Å². The molecule has 1 aliphatic heterocycles. The van der Waals surface area contributed by atoms with Crippen molar-refractivity contribution in [2.75, 3.05) is 25.0 Å². The van der Waals surface area contributed by atoms with Crippen molar-refractivity contribution in [2.24, 2.45) is 5.92 Å². The van der Waals surface area contributed by atoms with Gasteiger partial charge in [-0.3, -0.25) is 9.69 Å². The van der Waals surface area contributed by atoms with Gasteiger partial charge in [-0.15, -0.1) is 0 Å². The first-order valence-electron chi connectivity index (χ1n) is 10.5. The molecule has 2 aromatic rings. The number of nitrogens with one attached hydrogen (secondary N) is 2. The minimum atomic E-state index is -0.0234. The number of benzene rings is 2. The van der Waals surface area contributed by atoms with Crippen molar-refractivity contribution in [3.8, 4) is 0 Å². The SMILES string of the molecule is CC(=O)Nc1ccc(CN2CCC(CNC3CC3c3ccccc3)CC2)cc1. The summed E-state index contributed by atoms with van der Waals surface area (Å²) in [7, 11) is 0. The summed E-state index contributed by atoms with van der Waals surface area (Å²) >= 11 is 0. The minimum Gasteiger partial charge on any atom is -0.326 e. The Kier molecular flexibility index (Phi) is 6.08. The predicted octanol–water partition coefficient (Wildman–Crippen LogP) is 4.00. The largest absolute Gasteiger partial charge is 0.326 e. The Morgan fingerprint density at radius 2 is 1.75 bits per heavy atom. The molecule has 1 saturated heterocycles. The molecule has 2 atom stereocenters. The van der Waals surface area contributed by atoms with Gasteiger partial charge in [0.25, 0.3) is 0 Å². The van der Waals surface area contributed by atoms with Crippen LogP contribution in [0, 0.1) is 5.92 Å². The topological polar surface area (TPSA) is 44.4 Å². The van der Waals surface area contributed by atoms with Crippen molar-refractivity contribution < 1.29 is 4.79 Å². The van der Waals surface area contributed by atoms with E-state index < -0.39 is 0 Å². The van der Waals surface area contributed by atoms with Crippen LogP contribution in [-0.2, 0) is 11.3 Å². The van der Waals surface area contributed by atoms with Gasteiger partial charge in [-0.25, -0.2) is 0 Å². The van der Waals surface area contributed by atoms with Crippen molar-refractivity contribution in [2.45, 2.75) is 44.7 Å². The third-order valence-corrected chi connectivity index (χ3v) is 6.07. The van der Waals surface area contributed by atoms with E-state index in [0.717, 1.165) is 30.6 Å². The molecule has 0 aromatic heterocycles. The van der Waals surface area contributed by atoms with Crippen LogP contribution in [0.1, 0.15) is 43.2 Å². The molecule has 1 saturated carbocycles. The number of likely N-dealkylation sites (tertiary alicyclic amines) is 1. The lowest BCUT2D eigenvalue weighted by Gasteiger charge is -2.32. The van der Waals surface area contributed by atoms with Crippen LogP contribution >= 0.6 is 0 Å². The summed E-state index contributed by atoms with van der Waals surface area (Å²) in [5, 5.41) is 6.63. The minimum absolute atomic E-state index is 0.0234. The van der Waals surface area contributed by atoms with Gasteiger partial charge in [0.2, 0.25) is 5.91 Å². The first-order valence-corrected chi connectivity index (χ1v) is 10.5. The lowest BCUT2D eigenvalue weighted by atomic mass is 9.96. The summed E-state index contributed by atoms with van der Waals surface area (Å²) in [6.07, 6.45) is 3.84. The van der Waals surface area contributed by atoms with Crippen LogP contribution in [0.3, 0.4) is 0 Å². The first kappa shape index (κ1) is 19.2. The summed E-state index contributed by atoms with van der Waals surface area (Å²) in [6.45, 7) is 6.05. The maximum Gasteiger partial charge on any atom is 0.221 e. The second kappa shape index (κ2) is 8.89. The van der Waals surface area contributed by atoms with Gasteiger partial charge in [0, 0.05) is 31.1 Å². The van der Waals surface area contributed by atoms with Crippen molar-refractivity contribution in [1.29, 1.82) is 0 Å². The van der Waals surface area contributed by atoms with E-state index in [1.807, 2.05) is 12.1 Å². The van der Waals surface area contributed by atoms with Gasteiger partial charge in [-0.2, -0.15) is 0 Å². The summed E-state index contributed by atoms with van der Waals surface area (Å²) in [5.74, 6) is 1.50. The number of rotatable bonds is 7. The second-order valence-corrected chi connectivity index (χ2v) is 8.37. The number of hydrogen-bond acceptors (Lipinski definition) is 3. The van der Waals surface area contributed by atoms with E-state index >= 15 is 0 Å². The van der Waals surface area contributed by atoms with Crippen LogP contribution in [-0.4, -0.2) is 36.5 Å². The van der Waals surface area contributed by atoms with E-state index in [-0.39, 0.29) is 5.91 Å². The fourth-order valence-electron chi connectivity index (χ4n) is 4.31. The van der Waals surface area contributed by atoms with Gasteiger partial charge >= 0.3 is 0 Å². The Labute approximate surface area is 168 Å². The van der Waals surface area contributed by atoms with Crippen LogP contribution in [0.4, 0.5) is 5.69 Å². The average molecular weight is 378 g/mol. The quantitative estimate of drug-likeness (QED) is 0.766. The zero-order chi connectivity index (χ0) is 19.3.